The molecule has 1 heterocycles. The van der Waals surface area contributed by atoms with Crippen molar-refractivity contribution in [2.24, 2.45) is 0 Å². The molecule has 1 N–H and O–H groups in total. The van der Waals surface area contributed by atoms with Gasteiger partial charge in [0.1, 0.15) is 5.75 Å². The molecule has 0 bridgehead atoms. The highest BCUT2D eigenvalue weighted by molar-refractivity contribution is 5.91. The number of hydrogen-bond acceptors (Lipinski definition) is 3. The molecule has 4 nitrogen and oxygen atoms in total. The summed E-state index contributed by atoms with van der Waals surface area (Å²) < 4.78 is 5.58. The highest BCUT2D eigenvalue weighted by atomic mass is 16.5. The molecule has 1 amide bonds. The summed E-state index contributed by atoms with van der Waals surface area (Å²) in [7, 11) is 0. The van der Waals surface area contributed by atoms with Crippen LogP contribution in [-0.4, -0.2) is 17.0 Å². The van der Waals surface area contributed by atoms with Crippen LogP contribution in [0.25, 0.3) is 6.08 Å². The first-order valence-corrected chi connectivity index (χ1v) is 7.25. The average molecular weight is 296 g/mol. The zero-order chi connectivity index (χ0) is 15.8. The van der Waals surface area contributed by atoms with Gasteiger partial charge in [-0.1, -0.05) is 18.2 Å². The Kier molecular flexibility index (Phi) is 5.72. The number of rotatable bonds is 6. The van der Waals surface area contributed by atoms with Gasteiger partial charge in [0.15, 0.2) is 0 Å². The van der Waals surface area contributed by atoms with E-state index in [4.69, 9.17) is 4.74 Å². The number of benzene rings is 1. The molecule has 0 unspecified atom stereocenters. The summed E-state index contributed by atoms with van der Waals surface area (Å²) in [6.07, 6.45) is 6.80. The van der Waals surface area contributed by atoms with Crippen molar-refractivity contribution in [1.29, 1.82) is 0 Å². The lowest BCUT2D eigenvalue weighted by Crippen LogP contribution is -2.20. The number of nitrogens with one attached hydrogen (secondary N) is 1. The van der Waals surface area contributed by atoms with Gasteiger partial charge >= 0.3 is 0 Å². The number of pyridine rings is 1. The normalized spacial score (nSPS) is 10.9. The molecule has 0 aliphatic heterocycles. The molecule has 2 aromatic rings. The summed E-state index contributed by atoms with van der Waals surface area (Å²) in [5, 5.41) is 2.84. The fourth-order valence-electron chi connectivity index (χ4n) is 1.85. The third-order valence-corrected chi connectivity index (χ3v) is 2.87. The van der Waals surface area contributed by atoms with Gasteiger partial charge in [0.25, 0.3) is 0 Å². The first-order valence-electron chi connectivity index (χ1n) is 7.25. The van der Waals surface area contributed by atoms with Gasteiger partial charge < -0.3 is 10.1 Å². The number of nitrogens with zero attached hydrogens (tertiary/aromatic N) is 1. The van der Waals surface area contributed by atoms with Crippen molar-refractivity contribution in [1.82, 2.24) is 10.3 Å². The first-order chi connectivity index (χ1) is 10.6. The third kappa shape index (κ3) is 5.40. The molecule has 0 saturated heterocycles. The Morgan fingerprint density at radius 1 is 1.27 bits per heavy atom. The van der Waals surface area contributed by atoms with Crippen LogP contribution >= 0.6 is 0 Å². The van der Waals surface area contributed by atoms with Crippen LogP contribution in [0.15, 0.2) is 54.9 Å². The Hall–Kier alpha value is -2.62. The quantitative estimate of drug-likeness (QED) is 0.833. The van der Waals surface area contributed by atoms with Crippen LogP contribution in [-0.2, 0) is 11.3 Å². The molecule has 0 aliphatic carbocycles. The summed E-state index contributed by atoms with van der Waals surface area (Å²) >= 11 is 0. The third-order valence-electron chi connectivity index (χ3n) is 2.87. The van der Waals surface area contributed by atoms with Crippen LogP contribution in [0.5, 0.6) is 5.75 Å². The molecule has 0 spiro atoms. The number of carbonyl (C=O) groups is 1. The molecule has 1 aromatic heterocycles. The van der Waals surface area contributed by atoms with Crippen molar-refractivity contribution in [3.05, 3.63) is 66.0 Å². The van der Waals surface area contributed by atoms with Crippen molar-refractivity contribution in [3.63, 3.8) is 0 Å². The molecule has 0 aliphatic rings. The van der Waals surface area contributed by atoms with E-state index in [-0.39, 0.29) is 12.0 Å². The highest BCUT2D eigenvalue weighted by Gasteiger charge is 2.00. The molecular formula is C18H20N2O2. The van der Waals surface area contributed by atoms with Crippen LogP contribution in [0, 0.1) is 0 Å². The fourth-order valence-corrected chi connectivity index (χ4v) is 1.85. The van der Waals surface area contributed by atoms with Crippen molar-refractivity contribution in [2.75, 3.05) is 0 Å². The maximum absolute atomic E-state index is 11.8. The lowest BCUT2D eigenvalue weighted by atomic mass is 10.2. The Bertz CT molecular complexity index is 619. The fraction of sp³-hybridized carbons (Fsp3) is 0.222. The number of amides is 1. The average Bonchev–Trinajstić information content (AvgIpc) is 2.53. The van der Waals surface area contributed by atoms with E-state index in [1.54, 1.807) is 18.5 Å². The van der Waals surface area contributed by atoms with Gasteiger partial charge in [-0.15, -0.1) is 0 Å². The minimum atomic E-state index is -0.133. The van der Waals surface area contributed by atoms with E-state index >= 15 is 0 Å². The number of aromatic nitrogens is 1. The zero-order valence-corrected chi connectivity index (χ0v) is 12.8. The van der Waals surface area contributed by atoms with Crippen LogP contribution in [0.1, 0.15) is 25.0 Å². The van der Waals surface area contributed by atoms with E-state index in [0.717, 1.165) is 16.9 Å². The topological polar surface area (TPSA) is 51.2 Å². The van der Waals surface area contributed by atoms with Gasteiger partial charge in [-0.05, 0) is 49.2 Å². The SMILES string of the molecule is CC(C)Oc1ccc(CNC(=O)/C=C/c2cccnc2)cc1. The standard InChI is InChI=1S/C18H20N2O2/c1-14(2)22-17-8-5-16(6-9-17)13-20-18(21)10-7-15-4-3-11-19-12-15/h3-12,14H,13H2,1-2H3,(H,20,21)/b10-7+. The molecule has 0 atom stereocenters. The summed E-state index contributed by atoms with van der Waals surface area (Å²) in [5.74, 6) is 0.702. The summed E-state index contributed by atoms with van der Waals surface area (Å²) in [5.41, 5.74) is 1.92. The Balaban J connectivity index is 1.82. The summed E-state index contributed by atoms with van der Waals surface area (Å²) in [6, 6.07) is 11.4. The maximum atomic E-state index is 11.8. The van der Waals surface area contributed by atoms with Gasteiger partial charge in [-0.25, -0.2) is 0 Å². The monoisotopic (exact) mass is 296 g/mol. The van der Waals surface area contributed by atoms with E-state index in [0.29, 0.717) is 6.54 Å². The van der Waals surface area contributed by atoms with Crippen molar-refractivity contribution in [3.8, 4) is 5.75 Å². The predicted octanol–water partition coefficient (Wildman–Crippen LogP) is 3.20. The second-order valence-corrected chi connectivity index (χ2v) is 5.15. The molecule has 22 heavy (non-hydrogen) atoms. The van der Waals surface area contributed by atoms with Crippen LogP contribution < -0.4 is 10.1 Å². The smallest absolute Gasteiger partial charge is 0.244 e. The van der Waals surface area contributed by atoms with Crippen molar-refractivity contribution >= 4 is 12.0 Å². The first kappa shape index (κ1) is 15.8. The van der Waals surface area contributed by atoms with Gasteiger partial charge in [0, 0.05) is 25.0 Å². The van der Waals surface area contributed by atoms with Crippen LogP contribution in [0.3, 0.4) is 0 Å². The Labute approximate surface area is 130 Å². The molecular weight excluding hydrogens is 276 g/mol. The second-order valence-electron chi connectivity index (χ2n) is 5.15. The Morgan fingerprint density at radius 3 is 2.68 bits per heavy atom. The predicted molar refractivity (Wildman–Crippen MR) is 87.3 cm³/mol. The van der Waals surface area contributed by atoms with Crippen LogP contribution in [0.4, 0.5) is 0 Å². The molecule has 0 fully saturated rings. The maximum Gasteiger partial charge on any atom is 0.244 e. The number of carbonyl (C=O) groups excluding carboxylic acids is 1. The van der Waals surface area contributed by atoms with Crippen molar-refractivity contribution in [2.45, 2.75) is 26.5 Å². The second kappa shape index (κ2) is 7.98. The van der Waals surface area contributed by atoms with Crippen LogP contribution in [0.2, 0.25) is 0 Å². The molecule has 1 aromatic carbocycles. The summed E-state index contributed by atoms with van der Waals surface area (Å²) in [4.78, 5) is 15.7. The molecule has 0 saturated carbocycles. The van der Waals surface area contributed by atoms with E-state index in [2.05, 4.69) is 10.3 Å². The minimum absolute atomic E-state index is 0.133. The van der Waals surface area contributed by atoms with Gasteiger partial charge in [0.05, 0.1) is 6.10 Å². The summed E-state index contributed by atoms with van der Waals surface area (Å²) in [6.45, 7) is 4.46. The van der Waals surface area contributed by atoms with E-state index < -0.39 is 0 Å². The lowest BCUT2D eigenvalue weighted by Gasteiger charge is -2.10. The number of ether oxygens (including phenoxy) is 1. The number of hydrogen-bond donors (Lipinski definition) is 1. The zero-order valence-electron chi connectivity index (χ0n) is 12.8. The Morgan fingerprint density at radius 2 is 2.05 bits per heavy atom. The van der Waals surface area contributed by atoms with Gasteiger partial charge in [-0.3, -0.25) is 9.78 Å². The van der Waals surface area contributed by atoms with E-state index in [1.165, 1.54) is 6.08 Å². The molecule has 4 heteroatoms. The van der Waals surface area contributed by atoms with Crippen molar-refractivity contribution < 1.29 is 9.53 Å². The van der Waals surface area contributed by atoms with E-state index in [9.17, 15) is 4.79 Å². The lowest BCUT2D eigenvalue weighted by molar-refractivity contribution is -0.116. The van der Waals surface area contributed by atoms with Gasteiger partial charge in [-0.2, -0.15) is 0 Å². The molecule has 114 valence electrons. The largest absolute Gasteiger partial charge is 0.491 e. The van der Waals surface area contributed by atoms with Gasteiger partial charge in [0.2, 0.25) is 5.91 Å². The highest BCUT2D eigenvalue weighted by Crippen LogP contribution is 2.13. The molecule has 2 rings (SSSR count). The minimum Gasteiger partial charge on any atom is -0.491 e. The van der Waals surface area contributed by atoms with E-state index in [1.807, 2.05) is 50.2 Å². The molecule has 0 radical (unpaired) electrons.